The summed E-state index contributed by atoms with van der Waals surface area (Å²) in [5.74, 6) is 0. The van der Waals surface area contributed by atoms with Crippen LogP contribution in [0.25, 0.3) is 17.2 Å². The quantitative estimate of drug-likeness (QED) is 0.274. The molecule has 0 saturated heterocycles. The average Bonchev–Trinajstić information content (AvgIpc) is 3.46. The second kappa shape index (κ2) is 11.5. The summed E-state index contributed by atoms with van der Waals surface area (Å²) in [7, 11) is -1.70. The van der Waals surface area contributed by atoms with E-state index in [-0.39, 0.29) is 22.6 Å². The Kier molecular flexibility index (Phi) is 9.54. The molecule has 1 nitrogen and oxygen atoms in total. The van der Waals surface area contributed by atoms with Crippen molar-refractivity contribution in [2.75, 3.05) is 0 Å². The molecular formula is C29H39FeNSi. The van der Waals surface area contributed by atoms with E-state index < -0.39 is 8.24 Å². The molecular weight excluding hydrogens is 446 g/mol. The summed E-state index contributed by atoms with van der Waals surface area (Å²) in [5.41, 5.74) is 8.11. The maximum Gasteiger partial charge on any atom is 2.00 e. The third-order valence-electron chi connectivity index (χ3n) is 5.92. The van der Waals surface area contributed by atoms with E-state index in [0.717, 1.165) is 0 Å². The van der Waals surface area contributed by atoms with Crippen LogP contribution in [-0.2, 0) is 17.1 Å². The van der Waals surface area contributed by atoms with Crippen LogP contribution in [0.1, 0.15) is 63.6 Å². The van der Waals surface area contributed by atoms with Gasteiger partial charge in [0.1, 0.15) is 8.24 Å². The van der Waals surface area contributed by atoms with Crippen molar-refractivity contribution in [3.05, 3.63) is 89.5 Å². The molecule has 172 valence electrons. The maximum absolute atomic E-state index is 4.04. The van der Waals surface area contributed by atoms with Crippen molar-refractivity contribution in [3.8, 4) is 11.1 Å². The SMILES string of the molecule is CCCCC1=Cc2c(-[c-]3cccc3)cccc2C1[Si](C)(C)NC(C)(C)C.[Fe+2].c1cc[cH-]c1. The number of hydrogen-bond donors (Lipinski definition) is 1. The summed E-state index contributed by atoms with van der Waals surface area (Å²) < 4.78 is 0. The number of fused-ring (bicyclic) bond motifs is 1. The van der Waals surface area contributed by atoms with Gasteiger partial charge in [-0.15, -0.1) is 23.8 Å². The fourth-order valence-electron chi connectivity index (χ4n) is 5.08. The van der Waals surface area contributed by atoms with Gasteiger partial charge in [0.2, 0.25) is 0 Å². The molecule has 0 radical (unpaired) electrons. The van der Waals surface area contributed by atoms with Gasteiger partial charge in [0.15, 0.2) is 0 Å². The Balaban J connectivity index is 0.000000534. The Morgan fingerprint density at radius 2 is 1.66 bits per heavy atom. The van der Waals surface area contributed by atoms with Gasteiger partial charge >= 0.3 is 17.1 Å². The Bertz CT molecular complexity index is 942. The summed E-state index contributed by atoms with van der Waals surface area (Å²) in [4.78, 5) is 4.04. The van der Waals surface area contributed by atoms with Crippen molar-refractivity contribution in [2.24, 2.45) is 0 Å². The molecule has 0 saturated carbocycles. The van der Waals surface area contributed by atoms with Gasteiger partial charge in [-0.2, -0.15) is 30.3 Å². The van der Waals surface area contributed by atoms with Crippen LogP contribution in [0.3, 0.4) is 0 Å². The largest absolute Gasteiger partial charge is 2.00 e. The molecule has 3 aromatic rings. The molecule has 0 aliphatic heterocycles. The van der Waals surface area contributed by atoms with Crippen LogP contribution in [0.4, 0.5) is 0 Å². The minimum atomic E-state index is -1.70. The van der Waals surface area contributed by atoms with E-state index in [9.17, 15) is 0 Å². The Labute approximate surface area is 207 Å². The van der Waals surface area contributed by atoms with E-state index in [4.69, 9.17) is 0 Å². The van der Waals surface area contributed by atoms with Gasteiger partial charge in [0.05, 0.1) is 0 Å². The summed E-state index contributed by atoms with van der Waals surface area (Å²) in [5, 5.41) is 0. The third-order valence-corrected chi connectivity index (χ3v) is 9.44. The second-order valence-corrected chi connectivity index (χ2v) is 14.6. The Hall–Kier alpha value is -1.64. The zero-order valence-electron chi connectivity index (χ0n) is 20.6. The minimum absolute atomic E-state index is 0. The third kappa shape index (κ3) is 6.68. The van der Waals surface area contributed by atoms with Crippen molar-refractivity contribution in [3.63, 3.8) is 0 Å². The second-order valence-electron chi connectivity index (χ2n) is 10.3. The first-order chi connectivity index (χ1) is 14.7. The first kappa shape index (κ1) is 26.6. The molecule has 1 atom stereocenters. The van der Waals surface area contributed by atoms with Crippen molar-refractivity contribution < 1.29 is 17.1 Å². The zero-order valence-corrected chi connectivity index (χ0v) is 22.7. The first-order valence-electron chi connectivity index (χ1n) is 11.7. The van der Waals surface area contributed by atoms with Crippen LogP contribution < -0.4 is 4.98 Å². The van der Waals surface area contributed by atoms with Crippen LogP contribution in [0.5, 0.6) is 0 Å². The van der Waals surface area contributed by atoms with Gasteiger partial charge in [-0.05, 0) is 33.6 Å². The standard InChI is InChI=1S/C24H34NSi.C5H5.Fe/c1-7-8-12-19-17-22-20(18-13-9-10-14-18)15-11-16-21(22)23(19)26(5,6)25-24(2,3)4;1-2-4-5-3-1;/h9-11,13-17,23,25H,7-8,12H2,1-6H3;1-5H;/q2*-1;+2. The van der Waals surface area contributed by atoms with Crippen molar-refractivity contribution >= 4 is 14.3 Å². The predicted octanol–water partition coefficient (Wildman–Crippen LogP) is 8.28. The molecule has 32 heavy (non-hydrogen) atoms. The van der Waals surface area contributed by atoms with E-state index in [1.807, 2.05) is 30.3 Å². The van der Waals surface area contributed by atoms with Gasteiger partial charge in [-0.1, -0.05) is 66.9 Å². The molecule has 0 aromatic heterocycles. The molecule has 0 bridgehead atoms. The topological polar surface area (TPSA) is 12.0 Å². The van der Waals surface area contributed by atoms with E-state index in [1.165, 1.54) is 36.0 Å². The molecule has 1 aliphatic rings. The normalized spacial score (nSPS) is 15.3. The fourth-order valence-corrected chi connectivity index (χ4v) is 9.34. The van der Waals surface area contributed by atoms with Gasteiger partial charge in [0.25, 0.3) is 0 Å². The number of benzene rings is 1. The monoisotopic (exact) mass is 485 g/mol. The number of hydrogen-bond acceptors (Lipinski definition) is 1. The number of nitrogens with one attached hydrogen (secondary N) is 1. The molecule has 0 spiro atoms. The Morgan fingerprint density at radius 3 is 2.19 bits per heavy atom. The Morgan fingerprint density at radius 1 is 1.00 bits per heavy atom. The van der Waals surface area contributed by atoms with E-state index in [1.54, 1.807) is 11.1 Å². The van der Waals surface area contributed by atoms with E-state index in [2.05, 4.69) is 94.3 Å². The van der Waals surface area contributed by atoms with Crippen LogP contribution >= 0.6 is 0 Å². The van der Waals surface area contributed by atoms with Gasteiger partial charge in [-0.25, -0.2) is 12.1 Å². The molecule has 3 aromatic carbocycles. The predicted molar refractivity (Wildman–Crippen MR) is 140 cm³/mol. The van der Waals surface area contributed by atoms with Gasteiger partial charge in [-0.3, -0.25) is 0 Å². The smallest absolute Gasteiger partial charge is 0.332 e. The summed E-state index contributed by atoms with van der Waals surface area (Å²) in [6.45, 7) is 14.2. The number of unbranched alkanes of at least 4 members (excludes halogenated alkanes) is 1. The van der Waals surface area contributed by atoms with Crippen LogP contribution in [0.2, 0.25) is 13.1 Å². The summed E-state index contributed by atoms with van der Waals surface area (Å²) in [6, 6.07) is 25.7. The molecule has 0 heterocycles. The zero-order chi connectivity index (χ0) is 22.5. The molecule has 1 unspecified atom stereocenters. The fraction of sp³-hybridized carbons (Fsp3) is 0.379. The molecule has 3 heteroatoms. The number of rotatable bonds is 6. The van der Waals surface area contributed by atoms with Gasteiger partial charge in [0, 0.05) is 11.1 Å². The van der Waals surface area contributed by atoms with Gasteiger partial charge < -0.3 is 4.98 Å². The maximum atomic E-state index is 4.04. The molecule has 0 amide bonds. The van der Waals surface area contributed by atoms with Crippen molar-refractivity contribution in [1.82, 2.24) is 4.98 Å². The van der Waals surface area contributed by atoms with Crippen LogP contribution in [-0.4, -0.2) is 13.8 Å². The summed E-state index contributed by atoms with van der Waals surface area (Å²) in [6.07, 6.45) is 6.28. The summed E-state index contributed by atoms with van der Waals surface area (Å²) >= 11 is 0. The first-order valence-corrected chi connectivity index (χ1v) is 14.8. The molecule has 0 fully saturated rings. The van der Waals surface area contributed by atoms with Crippen molar-refractivity contribution in [2.45, 2.75) is 71.1 Å². The minimum Gasteiger partial charge on any atom is -0.332 e. The van der Waals surface area contributed by atoms with E-state index >= 15 is 0 Å². The number of allylic oxidation sites excluding steroid dienone is 1. The average molecular weight is 486 g/mol. The molecule has 1 aliphatic carbocycles. The van der Waals surface area contributed by atoms with E-state index in [0.29, 0.717) is 5.54 Å². The molecule has 4 rings (SSSR count). The van der Waals surface area contributed by atoms with Crippen molar-refractivity contribution in [1.29, 1.82) is 0 Å². The van der Waals surface area contributed by atoms with Crippen LogP contribution in [0, 0.1) is 0 Å². The van der Waals surface area contributed by atoms with Crippen LogP contribution in [0.15, 0.2) is 78.4 Å². The molecule has 1 N–H and O–H groups in total.